The maximum absolute atomic E-state index is 13.6. The second-order valence-electron chi connectivity index (χ2n) is 7.11. The van der Waals surface area contributed by atoms with Gasteiger partial charge in [-0.2, -0.15) is 4.98 Å². The minimum Gasteiger partial charge on any atom is -0.478 e. The zero-order valence-electron chi connectivity index (χ0n) is 17.0. The molecule has 164 valence electrons. The standard InChI is InChI=1S/C23H20F2N4O3/c24-17-11-18(25)13-19(12-17)27-23-26-14-20(22(28-23)29-6-8-32-9-7-29)16-3-1-2-15(10-16)4-5-21(30)31/h1-5,10-14H,6-9H2,(H,30,31)(H,26,27,28)/b5-4+. The number of hydrogen-bond donors (Lipinski definition) is 2. The Bertz CT molecular complexity index is 1140. The SMILES string of the molecule is O=C(O)/C=C/c1cccc(-c2cnc(Nc3cc(F)cc(F)c3)nc2N2CCOCC2)c1. The molecule has 0 aliphatic carbocycles. The van der Waals surface area contributed by atoms with Crippen molar-refractivity contribution in [2.45, 2.75) is 0 Å². The molecule has 3 aromatic rings. The lowest BCUT2D eigenvalue weighted by Crippen LogP contribution is -2.37. The van der Waals surface area contributed by atoms with E-state index >= 15 is 0 Å². The molecule has 1 aliphatic rings. The largest absolute Gasteiger partial charge is 0.478 e. The van der Waals surface area contributed by atoms with Crippen LogP contribution in [0, 0.1) is 11.6 Å². The van der Waals surface area contributed by atoms with Gasteiger partial charge in [0.2, 0.25) is 5.95 Å². The summed E-state index contributed by atoms with van der Waals surface area (Å²) in [6, 6.07) is 10.5. The predicted molar refractivity (Wildman–Crippen MR) is 117 cm³/mol. The van der Waals surface area contributed by atoms with Gasteiger partial charge in [0.15, 0.2) is 0 Å². The lowest BCUT2D eigenvalue weighted by molar-refractivity contribution is -0.131. The van der Waals surface area contributed by atoms with E-state index in [9.17, 15) is 13.6 Å². The summed E-state index contributed by atoms with van der Waals surface area (Å²) in [4.78, 5) is 21.8. The summed E-state index contributed by atoms with van der Waals surface area (Å²) in [6.45, 7) is 2.33. The number of carboxylic acid groups (broad SMARTS) is 1. The molecule has 1 aromatic heterocycles. The molecule has 0 amide bonds. The number of morpholine rings is 1. The molecule has 1 aliphatic heterocycles. The van der Waals surface area contributed by atoms with Crippen molar-refractivity contribution in [1.29, 1.82) is 0 Å². The first-order chi connectivity index (χ1) is 15.5. The van der Waals surface area contributed by atoms with Crippen molar-refractivity contribution in [3.63, 3.8) is 0 Å². The average molecular weight is 438 g/mol. The molecule has 2 heterocycles. The zero-order valence-corrected chi connectivity index (χ0v) is 17.0. The van der Waals surface area contributed by atoms with Crippen molar-refractivity contribution < 1.29 is 23.4 Å². The van der Waals surface area contributed by atoms with E-state index in [0.29, 0.717) is 32.1 Å². The normalized spacial score (nSPS) is 14.0. The molecule has 0 atom stereocenters. The van der Waals surface area contributed by atoms with Crippen LogP contribution in [-0.2, 0) is 9.53 Å². The fourth-order valence-electron chi connectivity index (χ4n) is 3.39. The van der Waals surface area contributed by atoms with Crippen LogP contribution in [0.5, 0.6) is 0 Å². The van der Waals surface area contributed by atoms with E-state index < -0.39 is 17.6 Å². The number of nitrogens with zero attached hydrogens (tertiary/aromatic N) is 3. The van der Waals surface area contributed by atoms with Crippen LogP contribution in [0.15, 0.2) is 54.7 Å². The van der Waals surface area contributed by atoms with Gasteiger partial charge in [-0.25, -0.2) is 18.6 Å². The summed E-state index contributed by atoms with van der Waals surface area (Å²) in [7, 11) is 0. The highest BCUT2D eigenvalue weighted by Crippen LogP contribution is 2.31. The third-order valence-electron chi connectivity index (χ3n) is 4.81. The molecule has 2 aromatic carbocycles. The zero-order chi connectivity index (χ0) is 22.5. The Morgan fingerprint density at radius 1 is 1.12 bits per heavy atom. The number of aromatic nitrogens is 2. The molecule has 0 radical (unpaired) electrons. The molecule has 9 heteroatoms. The van der Waals surface area contributed by atoms with Gasteiger partial charge in [-0.15, -0.1) is 0 Å². The van der Waals surface area contributed by atoms with Crippen molar-refractivity contribution in [2.24, 2.45) is 0 Å². The fourth-order valence-corrected chi connectivity index (χ4v) is 3.39. The van der Waals surface area contributed by atoms with Gasteiger partial charge in [0, 0.05) is 42.7 Å². The molecule has 0 bridgehead atoms. The minimum atomic E-state index is -1.03. The number of carboxylic acids is 1. The van der Waals surface area contributed by atoms with Crippen molar-refractivity contribution >= 4 is 29.5 Å². The number of ether oxygens (including phenoxy) is 1. The molecule has 32 heavy (non-hydrogen) atoms. The van der Waals surface area contributed by atoms with Gasteiger partial charge < -0.3 is 20.1 Å². The minimum absolute atomic E-state index is 0.196. The molecular weight excluding hydrogens is 418 g/mol. The molecule has 0 unspecified atom stereocenters. The summed E-state index contributed by atoms with van der Waals surface area (Å²) in [5.74, 6) is -1.60. The van der Waals surface area contributed by atoms with E-state index in [2.05, 4.69) is 20.2 Å². The van der Waals surface area contributed by atoms with Crippen molar-refractivity contribution in [2.75, 3.05) is 36.5 Å². The van der Waals surface area contributed by atoms with Crippen LogP contribution in [0.2, 0.25) is 0 Å². The maximum Gasteiger partial charge on any atom is 0.328 e. The van der Waals surface area contributed by atoms with Gasteiger partial charge in [-0.05, 0) is 35.4 Å². The van der Waals surface area contributed by atoms with Crippen LogP contribution in [0.4, 0.5) is 26.2 Å². The van der Waals surface area contributed by atoms with Crippen LogP contribution in [0.3, 0.4) is 0 Å². The number of aliphatic carboxylic acids is 1. The lowest BCUT2D eigenvalue weighted by atomic mass is 10.0. The summed E-state index contributed by atoms with van der Waals surface area (Å²) in [5.41, 5.74) is 2.47. The number of carbonyl (C=O) groups is 1. The lowest BCUT2D eigenvalue weighted by Gasteiger charge is -2.29. The van der Waals surface area contributed by atoms with E-state index in [1.54, 1.807) is 12.3 Å². The smallest absolute Gasteiger partial charge is 0.328 e. The number of hydrogen-bond acceptors (Lipinski definition) is 6. The molecule has 4 rings (SSSR count). The highest BCUT2D eigenvalue weighted by molar-refractivity contribution is 5.86. The van der Waals surface area contributed by atoms with Gasteiger partial charge in [0.1, 0.15) is 17.5 Å². The van der Waals surface area contributed by atoms with Gasteiger partial charge in [-0.1, -0.05) is 18.2 Å². The average Bonchev–Trinajstić information content (AvgIpc) is 2.78. The molecule has 0 saturated carbocycles. The Balaban J connectivity index is 1.72. The first kappa shape index (κ1) is 21.4. The summed E-state index contributed by atoms with van der Waals surface area (Å²) in [5, 5.41) is 11.7. The highest BCUT2D eigenvalue weighted by atomic mass is 19.1. The number of halogens is 2. The topological polar surface area (TPSA) is 87.6 Å². The highest BCUT2D eigenvalue weighted by Gasteiger charge is 2.19. The predicted octanol–water partition coefficient (Wildman–Crippen LogP) is 4.10. The summed E-state index contributed by atoms with van der Waals surface area (Å²) >= 11 is 0. The van der Waals surface area contributed by atoms with Crippen molar-refractivity contribution in [3.8, 4) is 11.1 Å². The van der Waals surface area contributed by atoms with Crippen molar-refractivity contribution in [3.05, 3.63) is 71.9 Å². The van der Waals surface area contributed by atoms with Crippen LogP contribution in [-0.4, -0.2) is 47.3 Å². The van der Waals surface area contributed by atoms with E-state index in [4.69, 9.17) is 9.84 Å². The molecule has 1 fully saturated rings. The van der Waals surface area contributed by atoms with Gasteiger partial charge >= 0.3 is 5.97 Å². The van der Waals surface area contributed by atoms with Crippen LogP contribution in [0.25, 0.3) is 17.2 Å². The quantitative estimate of drug-likeness (QED) is 0.560. The van der Waals surface area contributed by atoms with E-state index in [0.717, 1.165) is 41.0 Å². The van der Waals surface area contributed by atoms with Crippen LogP contribution < -0.4 is 10.2 Å². The first-order valence-electron chi connectivity index (χ1n) is 9.92. The second-order valence-corrected chi connectivity index (χ2v) is 7.11. The van der Waals surface area contributed by atoms with Crippen molar-refractivity contribution in [1.82, 2.24) is 9.97 Å². The molecular formula is C23H20F2N4O3. The number of anilines is 3. The van der Waals surface area contributed by atoms with E-state index in [1.807, 2.05) is 18.2 Å². The Hall–Kier alpha value is -3.85. The molecule has 2 N–H and O–H groups in total. The number of rotatable bonds is 6. The van der Waals surface area contributed by atoms with Crippen LogP contribution >= 0.6 is 0 Å². The third-order valence-corrected chi connectivity index (χ3v) is 4.81. The van der Waals surface area contributed by atoms with E-state index in [-0.39, 0.29) is 11.6 Å². The van der Waals surface area contributed by atoms with Gasteiger partial charge in [0.05, 0.1) is 13.2 Å². The number of nitrogens with one attached hydrogen (secondary N) is 1. The van der Waals surface area contributed by atoms with Gasteiger partial charge in [0.25, 0.3) is 0 Å². The summed E-state index contributed by atoms with van der Waals surface area (Å²) in [6.07, 6.45) is 4.22. The Morgan fingerprint density at radius 2 is 1.88 bits per heavy atom. The molecule has 7 nitrogen and oxygen atoms in total. The fraction of sp³-hybridized carbons (Fsp3) is 0.174. The Kier molecular flexibility index (Phi) is 6.37. The second kappa shape index (κ2) is 9.52. The van der Waals surface area contributed by atoms with Crippen LogP contribution in [0.1, 0.15) is 5.56 Å². The monoisotopic (exact) mass is 438 g/mol. The summed E-state index contributed by atoms with van der Waals surface area (Å²) < 4.78 is 32.5. The Morgan fingerprint density at radius 3 is 2.59 bits per heavy atom. The van der Waals surface area contributed by atoms with E-state index in [1.165, 1.54) is 6.08 Å². The molecule has 0 spiro atoms. The molecule has 1 saturated heterocycles. The Labute approximate surface area is 183 Å². The first-order valence-corrected chi connectivity index (χ1v) is 9.92. The maximum atomic E-state index is 13.6. The third kappa shape index (κ3) is 5.25. The number of benzene rings is 2. The van der Waals surface area contributed by atoms with Gasteiger partial charge in [-0.3, -0.25) is 0 Å².